The maximum atomic E-state index is 12.3. The Hall–Kier alpha value is -2.63. The maximum Gasteiger partial charge on any atom is 0.268 e. The van der Waals surface area contributed by atoms with Crippen LogP contribution in [-0.4, -0.2) is 34.8 Å². The van der Waals surface area contributed by atoms with Gasteiger partial charge in [-0.1, -0.05) is 29.8 Å². The van der Waals surface area contributed by atoms with E-state index in [4.69, 9.17) is 0 Å². The van der Waals surface area contributed by atoms with E-state index in [0.717, 1.165) is 43.7 Å². The molecule has 148 valence electrons. The minimum absolute atomic E-state index is 0.0158. The summed E-state index contributed by atoms with van der Waals surface area (Å²) in [6.45, 7) is 4.43. The molecule has 1 aliphatic heterocycles. The molecule has 1 aromatic heterocycles. The highest BCUT2D eigenvalue weighted by molar-refractivity contribution is 5.78. The second-order valence-electron chi connectivity index (χ2n) is 8.17. The van der Waals surface area contributed by atoms with Crippen molar-refractivity contribution in [3.05, 3.63) is 58.0 Å². The molecule has 0 spiro atoms. The lowest BCUT2D eigenvalue weighted by molar-refractivity contribution is -0.121. The Balaban J connectivity index is 1.27. The van der Waals surface area contributed by atoms with Gasteiger partial charge in [0.25, 0.3) is 5.56 Å². The summed E-state index contributed by atoms with van der Waals surface area (Å²) in [4.78, 5) is 26.8. The van der Waals surface area contributed by atoms with Crippen LogP contribution in [0, 0.1) is 12.8 Å². The summed E-state index contributed by atoms with van der Waals surface area (Å²) in [5, 5.41) is 7.50. The molecule has 1 saturated heterocycles. The summed E-state index contributed by atoms with van der Waals surface area (Å²) in [7, 11) is 0. The third-order valence-electron chi connectivity index (χ3n) is 5.69. The number of hydrogen-bond acceptors (Lipinski definition) is 4. The number of hydrogen-bond donors (Lipinski definition) is 1. The lowest BCUT2D eigenvalue weighted by Gasteiger charge is -2.33. The van der Waals surface area contributed by atoms with E-state index in [9.17, 15) is 9.59 Å². The molecular weight excluding hydrogens is 352 g/mol. The van der Waals surface area contributed by atoms with Crippen LogP contribution in [0.15, 0.2) is 41.3 Å². The molecule has 1 aromatic carbocycles. The van der Waals surface area contributed by atoms with E-state index in [2.05, 4.69) is 15.3 Å². The fourth-order valence-corrected chi connectivity index (χ4v) is 3.73. The SMILES string of the molecule is Cc1ccc(CC(=O)NC2CCN(c3cnn(CC4CC4)c(=O)c3)CC2)cc1. The molecule has 0 radical (unpaired) electrons. The monoisotopic (exact) mass is 380 g/mol. The third kappa shape index (κ3) is 4.80. The Morgan fingerprint density at radius 1 is 1.14 bits per heavy atom. The smallest absolute Gasteiger partial charge is 0.268 e. The van der Waals surface area contributed by atoms with E-state index in [1.807, 2.05) is 31.2 Å². The topological polar surface area (TPSA) is 67.2 Å². The molecule has 6 heteroatoms. The lowest BCUT2D eigenvalue weighted by Crippen LogP contribution is -2.45. The van der Waals surface area contributed by atoms with E-state index in [1.165, 1.54) is 18.4 Å². The molecule has 28 heavy (non-hydrogen) atoms. The summed E-state index contributed by atoms with van der Waals surface area (Å²) in [5.41, 5.74) is 3.11. The van der Waals surface area contributed by atoms with Gasteiger partial charge in [-0.3, -0.25) is 9.59 Å². The quantitative estimate of drug-likeness (QED) is 0.835. The van der Waals surface area contributed by atoms with E-state index in [0.29, 0.717) is 12.3 Å². The van der Waals surface area contributed by atoms with E-state index < -0.39 is 0 Å². The molecule has 6 nitrogen and oxygen atoms in total. The number of anilines is 1. The minimum atomic E-state index is -0.0158. The van der Waals surface area contributed by atoms with Crippen LogP contribution >= 0.6 is 0 Å². The summed E-state index contributed by atoms with van der Waals surface area (Å²) in [6.07, 6.45) is 6.40. The van der Waals surface area contributed by atoms with Gasteiger partial charge in [0.1, 0.15) is 0 Å². The number of rotatable bonds is 6. The van der Waals surface area contributed by atoms with Gasteiger partial charge in [-0.25, -0.2) is 4.68 Å². The zero-order chi connectivity index (χ0) is 19.5. The van der Waals surface area contributed by atoms with E-state index in [1.54, 1.807) is 16.9 Å². The largest absolute Gasteiger partial charge is 0.370 e. The first-order valence-corrected chi connectivity index (χ1v) is 10.2. The van der Waals surface area contributed by atoms with Crippen LogP contribution in [0.1, 0.15) is 36.8 Å². The second kappa shape index (κ2) is 8.17. The predicted molar refractivity (Wildman–Crippen MR) is 109 cm³/mol. The molecule has 2 aliphatic rings. The first kappa shape index (κ1) is 18.7. The van der Waals surface area contributed by atoms with E-state index >= 15 is 0 Å². The fraction of sp³-hybridized carbons (Fsp3) is 0.500. The number of nitrogens with one attached hydrogen (secondary N) is 1. The zero-order valence-electron chi connectivity index (χ0n) is 16.4. The van der Waals surface area contributed by atoms with Crippen molar-refractivity contribution in [3.63, 3.8) is 0 Å². The molecule has 2 heterocycles. The Bertz CT molecular complexity index is 878. The van der Waals surface area contributed by atoms with Crippen molar-refractivity contribution in [2.24, 2.45) is 5.92 Å². The molecule has 1 aliphatic carbocycles. The number of amides is 1. The molecule has 2 aromatic rings. The number of piperidine rings is 1. The number of nitrogens with zero attached hydrogens (tertiary/aromatic N) is 3. The van der Waals surface area contributed by atoms with Crippen LogP contribution in [0.3, 0.4) is 0 Å². The van der Waals surface area contributed by atoms with Crippen LogP contribution in [-0.2, 0) is 17.8 Å². The van der Waals surface area contributed by atoms with Crippen molar-refractivity contribution < 1.29 is 4.79 Å². The van der Waals surface area contributed by atoms with Gasteiger partial charge in [0.15, 0.2) is 0 Å². The highest BCUT2D eigenvalue weighted by Crippen LogP contribution is 2.29. The number of carbonyl (C=O) groups is 1. The van der Waals surface area contributed by atoms with Crippen LogP contribution < -0.4 is 15.8 Å². The Morgan fingerprint density at radius 2 is 1.86 bits per heavy atom. The van der Waals surface area contributed by atoms with Gasteiger partial charge in [-0.2, -0.15) is 5.10 Å². The Labute approximate surface area is 165 Å². The van der Waals surface area contributed by atoms with Gasteiger partial charge in [0.05, 0.1) is 18.3 Å². The highest BCUT2D eigenvalue weighted by Gasteiger charge is 2.24. The van der Waals surface area contributed by atoms with Gasteiger partial charge < -0.3 is 10.2 Å². The molecule has 2 fully saturated rings. The second-order valence-corrected chi connectivity index (χ2v) is 8.17. The van der Waals surface area contributed by atoms with Crippen molar-refractivity contribution in [3.8, 4) is 0 Å². The number of aryl methyl sites for hydroxylation is 1. The Kier molecular flexibility index (Phi) is 5.46. The first-order chi connectivity index (χ1) is 13.6. The van der Waals surface area contributed by atoms with Crippen molar-refractivity contribution in [1.29, 1.82) is 0 Å². The third-order valence-corrected chi connectivity index (χ3v) is 5.69. The highest BCUT2D eigenvalue weighted by atomic mass is 16.1. The molecule has 4 rings (SSSR count). The Morgan fingerprint density at radius 3 is 2.50 bits per heavy atom. The summed E-state index contributed by atoms with van der Waals surface area (Å²) >= 11 is 0. The van der Waals surface area contributed by atoms with Crippen LogP contribution in [0.4, 0.5) is 5.69 Å². The molecule has 1 N–H and O–H groups in total. The molecular formula is C22H28N4O2. The number of aromatic nitrogens is 2. The summed E-state index contributed by atoms with van der Waals surface area (Å²) < 4.78 is 1.58. The van der Waals surface area contributed by atoms with Crippen molar-refractivity contribution in [2.45, 2.75) is 51.6 Å². The lowest BCUT2D eigenvalue weighted by atomic mass is 10.0. The van der Waals surface area contributed by atoms with Crippen LogP contribution in [0.5, 0.6) is 0 Å². The molecule has 0 bridgehead atoms. The van der Waals surface area contributed by atoms with Crippen LogP contribution in [0.25, 0.3) is 0 Å². The number of benzene rings is 1. The summed E-state index contributed by atoms with van der Waals surface area (Å²) in [5.74, 6) is 0.710. The standard InChI is InChI=1S/C22H28N4O2/c1-16-2-4-17(5-3-16)12-21(27)24-19-8-10-25(11-9-19)20-13-22(28)26(23-14-20)15-18-6-7-18/h2-5,13-14,18-19H,6-12,15H2,1H3,(H,24,27). The fourth-order valence-electron chi connectivity index (χ4n) is 3.73. The minimum Gasteiger partial charge on any atom is -0.370 e. The average molecular weight is 380 g/mol. The maximum absolute atomic E-state index is 12.3. The van der Waals surface area contributed by atoms with Crippen molar-refractivity contribution >= 4 is 11.6 Å². The average Bonchev–Trinajstić information content (AvgIpc) is 3.50. The normalized spacial score (nSPS) is 17.5. The molecule has 0 atom stereocenters. The first-order valence-electron chi connectivity index (χ1n) is 10.2. The van der Waals surface area contributed by atoms with Crippen molar-refractivity contribution in [2.75, 3.05) is 18.0 Å². The van der Waals surface area contributed by atoms with Gasteiger partial charge >= 0.3 is 0 Å². The predicted octanol–water partition coefficient (Wildman–Crippen LogP) is 2.29. The summed E-state index contributed by atoms with van der Waals surface area (Å²) in [6, 6.07) is 9.98. The number of carbonyl (C=O) groups excluding carboxylic acids is 1. The van der Waals surface area contributed by atoms with E-state index in [-0.39, 0.29) is 17.5 Å². The molecule has 1 saturated carbocycles. The van der Waals surface area contributed by atoms with Crippen LogP contribution in [0.2, 0.25) is 0 Å². The van der Waals surface area contributed by atoms with Crippen molar-refractivity contribution in [1.82, 2.24) is 15.1 Å². The molecule has 1 amide bonds. The molecule has 0 unspecified atom stereocenters. The van der Waals surface area contributed by atoms with Gasteiger partial charge in [-0.05, 0) is 44.1 Å². The van der Waals surface area contributed by atoms with Gasteiger partial charge in [0.2, 0.25) is 5.91 Å². The van der Waals surface area contributed by atoms with Gasteiger partial charge in [0, 0.05) is 31.7 Å². The zero-order valence-corrected chi connectivity index (χ0v) is 16.4. The van der Waals surface area contributed by atoms with Gasteiger partial charge in [-0.15, -0.1) is 0 Å².